The molecule has 1 heterocycles. The zero-order valence-electron chi connectivity index (χ0n) is 15.2. The Hall–Kier alpha value is -4.07. The van der Waals surface area contributed by atoms with Crippen LogP contribution in [0.15, 0.2) is 61.3 Å². The van der Waals surface area contributed by atoms with Crippen molar-refractivity contribution in [3.8, 4) is 22.6 Å². The van der Waals surface area contributed by atoms with Crippen LogP contribution < -0.4 is 21.5 Å². The third kappa shape index (κ3) is 3.70. The highest BCUT2D eigenvalue weighted by Gasteiger charge is 2.14. The Morgan fingerprint density at radius 3 is 2.71 bits per heavy atom. The van der Waals surface area contributed by atoms with Gasteiger partial charge in [-0.3, -0.25) is 9.59 Å². The maximum Gasteiger partial charge on any atom is 0.252 e. The topological polar surface area (TPSA) is 125 Å². The Balaban J connectivity index is 1.98. The number of carbonyl (C=O) groups excluding carboxylic acids is 2. The highest BCUT2D eigenvalue weighted by Crippen LogP contribution is 2.31. The molecule has 0 aliphatic heterocycles. The van der Waals surface area contributed by atoms with Gasteiger partial charge in [-0.05, 0) is 42.0 Å². The molecular formula is C20H19N5O3. The number of hydrogen-bond acceptors (Lipinski definition) is 5. The number of ether oxygens (including phenoxy) is 1. The summed E-state index contributed by atoms with van der Waals surface area (Å²) in [5, 5.41) is 7.04. The number of rotatable bonds is 6. The first-order valence-corrected chi connectivity index (χ1v) is 8.30. The van der Waals surface area contributed by atoms with Crippen molar-refractivity contribution < 1.29 is 14.3 Å². The lowest BCUT2D eigenvalue weighted by molar-refractivity contribution is -0.111. The Kier molecular flexibility index (Phi) is 5.12. The Morgan fingerprint density at radius 1 is 1.25 bits per heavy atom. The monoisotopic (exact) mass is 377 g/mol. The number of anilines is 2. The van der Waals surface area contributed by atoms with Crippen molar-refractivity contribution in [2.75, 3.05) is 18.2 Å². The molecule has 8 heteroatoms. The average Bonchev–Trinajstić information content (AvgIpc) is 3.09. The van der Waals surface area contributed by atoms with Gasteiger partial charge in [0.25, 0.3) is 5.91 Å². The summed E-state index contributed by atoms with van der Waals surface area (Å²) in [4.78, 5) is 23.0. The molecule has 0 atom stereocenters. The fraction of sp³-hybridized carbons (Fsp3) is 0.0500. The maximum absolute atomic E-state index is 11.5. The van der Waals surface area contributed by atoms with Crippen LogP contribution in [0.4, 0.5) is 11.5 Å². The van der Waals surface area contributed by atoms with Crippen molar-refractivity contribution in [2.45, 2.75) is 0 Å². The van der Waals surface area contributed by atoms with Crippen molar-refractivity contribution in [3.05, 3.63) is 66.9 Å². The molecule has 2 aromatic carbocycles. The third-order valence-electron chi connectivity index (χ3n) is 4.08. The first-order valence-electron chi connectivity index (χ1n) is 8.30. The first-order chi connectivity index (χ1) is 13.4. The maximum atomic E-state index is 11.5. The highest BCUT2D eigenvalue weighted by atomic mass is 16.5. The highest BCUT2D eigenvalue weighted by molar-refractivity contribution is 5.99. The van der Waals surface area contributed by atoms with E-state index in [9.17, 15) is 9.59 Å². The number of nitrogens with zero attached hydrogens (tertiary/aromatic N) is 2. The molecule has 0 spiro atoms. The fourth-order valence-electron chi connectivity index (χ4n) is 2.72. The van der Waals surface area contributed by atoms with Gasteiger partial charge in [-0.1, -0.05) is 18.7 Å². The number of hydrogen-bond donors (Lipinski definition) is 3. The molecule has 0 fully saturated rings. The van der Waals surface area contributed by atoms with Crippen LogP contribution in [0, 0.1) is 0 Å². The van der Waals surface area contributed by atoms with Crippen LogP contribution in [-0.2, 0) is 4.79 Å². The molecule has 0 aliphatic carbocycles. The second kappa shape index (κ2) is 7.67. The Morgan fingerprint density at radius 2 is 2.04 bits per heavy atom. The summed E-state index contributed by atoms with van der Waals surface area (Å²) in [7, 11) is 1.46. The zero-order chi connectivity index (χ0) is 20.3. The normalized spacial score (nSPS) is 10.3. The average molecular weight is 377 g/mol. The van der Waals surface area contributed by atoms with E-state index in [0.29, 0.717) is 28.5 Å². The van der Waals surface area contributed by atoms with E-state index in [2.05, 4.69) is 17.0 Å². The summed E-state index contributed by atoms with van der Waals surface area (Å²) in [6.07, 6.45) is 2.95. The number of nitrogens with one attached hydrogen (secondary N) is 1. The number of benzene rings is 2. The minimum atomic E-state index is -0.578. The summed E-state index contributed by atoms with van der Waals surface area (Å²) < 4.78 is 6.85. The van der Waals surface area contributed by atoms with Crippen LogP contribution in [0.5, 0.6) is 5.75 Å². The van der Waals surface area contributed by atoms with Crippen LogP contribution in [0.1, 0.15) is 10.4 Å². The third-order valence-corrected chi connectivity index (χ3v) is 4.08. The molecule has 0 bridgehead atoms. The minimum absolute atomic E-state index is 0.280. The molecule has 1 aromatic heterocycles. The molecule has 142 valence electrons. The number of primary amides is 1. The molecule has 0 radical (unpaired) electrons. The summed E-state index contributed by atoms with van der Waals surface area (Å²) in [6, 6.07) is 12.1. The molecule has 0 unspecified atom stereocenters. The van der Waals surface area contributed by atoms with Crippen LogP contribution in [0.25, 0.3) is 16.8 Å². The molecule has 8 nitrogen and oxygen atoms in total. The van der Waals surface area contributed by atoms with E-state index in [-0.39, 0.29) is 11.5 Å². The number of nitrogen functional groups attached to an aromatic ring is 1. The lowest BCUT2D eigenvalue weighted by Crippen LogP contribution is -2.12. The zero-order valence-corrected chi connectivity index (χ0v) is 15.2. The molecular weight excluding hydrogens is 358 g/mol. The molecule has 3 aromatic rings. The van der Waals surface area contributed by atoms with Crippen molar-refractivity contribution in [3.63, 3.8) is 0 Å². The van der Waals surface area contributed by atoms with Gasteiger partial charge in [-0.2, -0.15) is 5.10 Å². The van der Waals surface area contributed by atoms with Crippen LogP contribution in [0.3, 0.4) is 0 Å². The first kappa shape index (κ1) is 18.7. The Bertz CT molecular complexity index is 1070. The van der Waals surface area contributed by atoms with Crippen molar-refractivity contribution in [1.29, 1.82) is 0 Å². The van der Waals surface area contributed by atoms with Crippen LogP contribution >= 0.6 is 0 Å². The van der Waals surface area contributed by atoms with E-state index < -0.39 is 5.91 Å². The largest absolute Gasteiger partial charge is 0.496 e. The summed E-state index contributed by atoms with van der Waals surface area (Å²) >= 11 is 0. The molecule has 3 rings (SSSR count). The molecule has 0 aliphatic rings. The van der Waals surface area contributed by atoms with Gasteiger partial charge in [0.1, 0.15) is 5.75 Å². The molecule has 5 N–H and O–H groups in total. The lowest BCUT2D eigenvalue weighted by atomic mass is 10.0. The van der Waals surface area contributed by atoms with Gasteiger partial charge in [-0.15, -0.1) is 0 Å². The van der Waals surface area contributed by atoms with Crippen molar-refractivity contribution in [2.24, 2.45) is 5.73 Å². The smallest absolute Gasteiger partial charge is 0.252 e. The molecule has 2 amide bonds. The van der Waals surface area contributed by atoms with E-state index in [1.165, 1.54) is 13.2 Å². The fourth-order valence-corrected chi connectivity index (χ4v) is 2.72. The second-order valence-corrected chi connectivity index (χ2v) is 5.90. The van der Waals surface area contributed by atoms with E-state index in [1.807, 2.05) is 6.07 Å². The predicted molar refractivity (Wildman–Crippen MR) is 107 cm³/mol. The van der Waals surface area contributed by atoms with Gasteiger partial charge in [0.2, 0.25) is 5.91 Å². The van der Waals surface area contributed by atoms with Gasteiger partial charge in [0, 0.05) is 17.4 Å². The number of amides is 2. The van der Waals surface area contributed by atoms with Crippen LogP contribution in [-0.4, -0.2) is 28.7 Å². The van der Waals surface area contributed by atoms with E-state index in [4.69, 9.17) is 16.2 Å². The molecule has 0 saturated heterocycles. The Labute approximate surface area is 161 Å². The van der Waals surface area contributed by atoms with Crippen molar-refractivity contribution >= 4 is 23.3 Å². The van der Waals surface area contributed by atoms with Gasteiger partial charge < -0.3 is 21.5 Å². The number of nitrogens with two attached hydrogens (primary N) is 2. The van der Waals surface area contributed by atoms with E-state index >= 15 is 0 Å². The minimum Gasteiger partial charge on any atom is -0.496 e. The molecule has 0 saturated carbocycles. The van der Waals surface area contributed by atoms with Gasteiger partial charge in [0.05, 0.1) is 18.4 Å². The van der Waals surface area contributed by atoms with Gasteiger partial charge in [-0.25, -0.2) is 4.68 Å². The van der Waals surface area contributed by atoms with Crippen LogP contribution in [0.2, 0.25) is 0 Å². The quantitative estimate of drug-likeness (QED) is 0.569. The number of carbonyl (C=O) groups is 2. The lowest BCUT2D eigenvalue weighted by Gasteiger charge is -2.08. The standard InChI is InChI=1S/C20H19N5O3/c1-3-18(26)23-13-5-4-6-14(10-13)25-11-16(19(21)24-25)12-7-8-15(20(22)27)17(9-12)28-2/h3-11H,1H2,2H3,(H2,21,24)(H2,22,27)(H,23,26). The molecule has 28 heavy (non-hydrogen) atoms. The number of aromatic nitrogens is 2. The van der Waals surface area contributed by atoms with E-state index in [1.54, 1.807) is 47.3 Å². The summed E-state index contributed by atoms with van der Waals surface area (Å²) in [6.45, 7) is 3.43. The van der Waals surface area contributed by atoms with Gasteiger partial charge >= 0.3 is 0 Å². The second-order valence-electron chi connectivity index (χ2n) is 5.90. The van der Waals surface area contributed by atoms with E-state index in [0.717, 1.165) is 5.56 Å². The summed E-state index contributed by atoms with van der Waals surface area (Å²) in [5.74, 6) is -0.231. The number of methoxy groups -OCH3 is 1. The summed E-state index contributed by atoms with van der Waals surface area (Å²) in [5.41, 5.74) is 14.4. The predicted octanol–water partition coefficient (Wildman–Crippen LogP) is 2.35. The van der Waals surface area contributed by atoms with Crippen molar-refractivity contribution in [1.82, 2.24) is 9.78 Å². The van der Waals surface area contributed by atoms with Gasteiger partial charge in [0.15, 0.2) is 5.82 Å². The SMILES string of the molecule is C=CC(=O)Nc1cccc(-n2cc(-c3ccc(C(N)=O)c(OC)c3)c(N)n2)c1.